The molecule has 0 N–H and O–H groups in total. The first kappa shape index (κ1) is 41.3. The van der Waals surface area contributed by atoms with Crippen molar-refractivity contribution in [2.75, 3.05) is 0 Å². The maximum atomic E-state index is 4.92. The Labute approximate surface area is 406 Å². The first-order chi connectivity index (χ1) is 33.5. The van der Waals surface area contributed by atoms with E-state index in [1.165, 1.54) is 100 Å². The molecule has 3 aliphatic rings. The monoisotopic (exact) mass is 884 g/mol. The van der Waals surface area contributed by atoms with Gasteiger partial charge in [0.1, 0.15) is 0 Å². The molecule has 2 aromatic heterocycles. The van der Waals surface area contributed by atoms with Crippen molar-refractivity contribution in [2.45, 2.75) is 57.8 Å². The number of hydrogen-bond acceptors (Lipinski definition) is 2. The van der Waals surface area contributed by atoms with Crippen molar-refractivity contribution >= 4 is 0 Å². The third-order valence-electron chi connectivity index (χ3n) is 16.0. The van der Waals surface area contributed by atoms with Crippen LogP contribution >= 0.6 is 0 Å². The molecule has 0 saturated carbocycles. The van der Waals surface area contributed by atoms with Gasteiger partial charge in [-0.1, -0.05) is 187 Å². The molecule has 13 rings (SSSR count). The Morgan fingerprint density at radius 2 is 0.493 bits per heavy atom. The summed E-state index contributed by atoms with van der Waals surface area (Å²) >= 11 is 0. The number of benzene rings is 8. The molecule has 2 heteroatoms. The Balaban J connectivity index is 0.799. The summed E-state index contributed by atoms with van der Waals surface area (Å²) in [4.78, 5) is 9.84. The van der Waals surface area contributed by atoms with Crippen molar-refractivity contribution in [2.24, 2.45) is 0 Å². The van der Waals surface area contributed by atoms with Gasteiger partial charge in [-0.2, -0.15) is 0 Å². The first-order valence-corrected chi connectivity index (χ1v) is 24.4. The average Bonchev–Trinajstić information content (AvgIpc) is 3.87. The van der Waals surface area contributed by atoms with Gasteiger partial charge in [-0.15, -0.1) is 0 Å². The van der Waals surface area contributed by atoms with E-state index in [-0.39, 0.29) is 16.2 Å². The number of nitrogens with zero attached hydrogens (tertiary/aromatic N) is 2. The SMILES string of the molecule is CC1(C)c2cc(-c3ccc4c(c3)C(C)(C)c3cc(-c5ncccc5-c5ccccc5)ccc3-4)ccc2-c2ccc(-c3ccc4c(c3)C(C)(C)c3cc(-c5ncccc5-c5ccccc5)ccc3-4)cc21. The van der Waals surface area contributed by atoms with E-state index in [0.29, 0.717) is 0 Å². The highest BCUT2D eigenvalue weighted by atomic mass is 14.7. The third kappa shape index (κ3) is 6.24. The second kappa shape index (κ2) is 15.0. The van der Waals surface area contributed by atoms with E-state index < -0.39 is 0 Å². The fourth-order valence-electron chi connectivity index (χ4n) is 12.2. The van der Waals surface area contributed by atoms with Crippen LogP contribution in [0.4, 0.5) is 0 Å². The number of fused-ring (bicyclic) bond motifs is 9. The van der Waals surface area contributed by atoms with Crippen LogP contribution in [0.25, 0.3) is 100 Å². The molecule has 0 amide bonds. The third-order valence-corrected chi connectivity index (χ3v) is 16.0. The predicted octanol–water partition coefficient (Wildman–Crippen LogP) is 17.4. The zero-order valence-corrected chi connectivity index (χ0v) is 40.0. The second-order valence-electron chi connectivity index (χ2n) is 21.0. The first-order valence-electron chi connectivity index (χ1n) is 24.4. The molecular formula is C67H52N2. The molecule has 0 atom stereocenters. The van der Waals surface area contributed by atoms with Crippen LogP contribution in [0.15, 0.2) is 207 Å². The Kier molecular flexibility index (Phi) is 8.99. The van der Waals surface area contributed by atoms with Crippen molar-refractivity contribution in [1.82, 2.24) is 9.97 Å². The second-order valence-corrected chi connectivity index (χ2v) is 21.0. The Morgan fingerprint density at radius 3 is 0.783 bits per heavy atom. The fraction of sp³-hybridized carbons (Fsp3) is 0.134. The standard InChI is InChI=1S/C67H52N2/c1-65(2)57-35-43(45-23-29-53-55-31-25-47(39-61(55)66(3,4)59(53)37-45)63-49(19-13-33-68-63)41-15-9-7-10-16-41)21-27-51(57)52-28-22-44(36-58(52)65)46-24-30-54-56-32-26-48(40-62(56)67(5,6)60(54)38-46)64-50(20-14-34-69-64)42-17-11-8-12-18-42/h7-40H,1-6H3. The lowest BCUT2D eigenvalue weighted by Crippen LogP contribution is -2.16. The zero-order valence-electron chi connectivity index (χ0n) is 40.0. The van der Waals surface area contributed by atoms with E-state index in [4.69, 9.17) is 9.97 Å². The van der Waals surface area contributed by atoms with Crippen LogP contribution in [0.1, 0.15) is 74.9 Å². The van der Waals surface area contributed by atoms with E-state index in [9.17, 15) is 0 Å². The van der Waals surface area contributed by atoms with Crippen molar-refractivity contribution < 1.29 is 0 Å². The predicted molar refractivity (Wildman–Crippen MR) is 287 cm³/mol. The van der Waals surface area contributed by atoms with Gasteiger partial charge in [0, 0.05) is 50.9 Å². The Bertz CT molecular complexity index is 3490. The molecule has 0 spiro atoms. The fourth-order valence-corrected chi connectivity index (χ4v) is 12.2. The van der Waals surface area contributed by atoms with Gasteiger partial charge in [0.05, 0.1) is 11.4 Å². The van der Waals surface area contributed by atoms with E-state index in [0.717, 1.165) is 33.6 Å². The van der Waals surface area contributed by atoms with Crippen molar-refractivity contribution in [3.63, 3.8) is 0 Å². The van der Waals surface area contributed by atoms with E-state index in [1.54, 1.807) is 0 Å². The lowest BCUT2D eigenvalue weighted by atomic mass is 9.79. The van der Waals surface area contributed by atoms with Crippen molar-refractivity contribution in [3.8, 4) is 100 Å². The normalized spacial score (nSPS) is 14.9. The minimum atomic E-state index is -0.175. The summed E-state index contributed by atoms with van der Waals surface area (Å²) in [6.07, 6.45) is 3.82. The van der Waals surface area contributed by atoms with Crippen LogP contribution in [-0.4, -0.2) is 9.97 Å². The summed E-state index contributed by atoms with van der Waals surface area (Å²) in [6, 6.07) is 72.1. The van der Waals surface area contributed by atoms with Crippen LogP contribution in [0.2, 0.25) is 0 Å². The van der Waals surface area contributed by atoms with Crippen molar-refractivity contribution in [3.05, 3.63) is 240 Å². The minimum absolute atomic E-state index is 0.171. The van der Waals surface area contributed by atoms with E-state index in [2.05, 4.69) is 224 Å². The summed E-state index contributed by atoms with van der Waals surface area (Å²) in [6.45, 7) is 14.3. The van der Waals surface area contributed by atoms with Crippen LogP contribution in [0, 0.1) is 0 Å². The molecule has 2 nitrogen and oxygen atoms in total. The lowest BCUT2D eigenvalue weighted by Gasteiger charge is -2.24. The van der Waals surface area contributed by atoms with E-state index >= 15 is 0 Å². The Morgan fingerprint density at radius 1 is 0.232 bits per heavy atom. The van der Waals surface area contributed by atoms with Gasteiger partial charge in [-0.25, -0.2) is 0 Å². The van der Waals surface area contributed by atoms with Gasteiger partial charge >= 0.3 is 0 Å². The van der Waals surface area contributed by atoms with Gasteiger partial charge in [-0.3, -0.25) is 9.97 Å². The molecule has 0 saturated heterocycles. The summed E-state index contributed by atoms with van der Waals surface area (Å²) in [5.74, 6) is 0. The maximum Gasteiger partial charge on any atom is 0.0780 e. The highest BCUT2D eigenvalue weighted by Gasteiger charge is 2.39. The molecule has 0 fully saturated rings. The maximum absolute atomic E-state index is 4.92. The number of rotatable bonds is 6. The van der Waals surface area contributed by atoms with Gasteiger partial charge < -0.3 is 0 Å². The summed E-state index contributed by atoms with van der Waals surface area (Å²) in [5.41, 5.74) is 29.7. The van der Waals surface area contributed by atoms with Gasteiger partial charge in [0.2, 0.25) is 0 Å². The molecular weight excluding hydrogens is 833 g/mol. The Hall–Kier alpha value is -7.94. The molecule has 0 aliphatic heterocycles. The number of pyridine rings is 2. The van der Waals surface area contributed by atoms with Crippen LogP contribution in [0.5, 0.6) is 0 Å². The van der Waals surface area contributed by atoms with Crippen LogP contribution in [0.3, 0.4) is 0 Å². The molecule has 0 radical (unpaired) electrons. The highest BCUT2D eigenvalue weighted by molar-refractivity contribution is 5.92. The minimum Gasteiger partial charge on any atom is -0.256 e. The largest absolute Gasteiger partial charge is 0.256 e. The number of aromatic nitrogens is 2. The molecule has 330 valence electrons. The van der Waals surface area contributed by atoms with Crippen LogP contribution in [-0.2, 0) is 16.2 Å². The van der Waals surface area contributed by atoms with Gasteiger partial charge in [0.25, 0.3) is 0 Å². The molecule has 10 aromatic rings. The smallest absolute Gasteiger partial charge is 0.0780 e. The molecule has 0 unspecified atom stereocenters. The average molecular weight is 885 g/mol. The topological polar surface area (TPSA) is 25.8 Å². The highest BCUT2D eigenvalue weighted by Crippen LogP contribution is 2.55. The summed E-state index contributed by atoms with van der Waals surface area (Å²) in [5, 5.41) is 0. The zero-order chi connectivity index (χ0) is 46.8. The van der Waals surface area contributed by atoms with E-state index in [1.807, 2.05) is 24.5 Å². The summed E-state index contributed by atoms with van der Waals surface area (Å²) < 4.78 is 0. The molecule has 69 heavy (non-hydrogen) atoms. The van der Waals surface area contributed by atoms with Crippen molar-refractivity contribution in [1.29, 1.82) is 0 Å². The number of hydrogen-bond donors (Lipinski definition) is 0. The molecule has 8 aromatic carbocycles. The van der Waals surface area contributed by atoms with Crippen LogP contribution < -0.4 is 0 Å². The summed E-state index contributed by atoms with van der Waals surface area (Å²) in [7, 11) is 0. The quantitative estimate of drug-likeness (QED) is 0.166. The molecule has 0 bridgehead atoms. The molecule has 2 heterocycles. The lowest BCUT2D eigenvalue weighted by molar-refractivity contribution is 0.659. The van der Waals surface area contributed by atoms with Gasteiger partial charge in [0.15, 0.2) is 0 Å². The molecule has 3 aliphatic carbocycles. The van der Waals surface area contributed by atoms with Gasteiger partial charge in [-0.05, 0) is 149 Å².